The second kappa shape index (κ2) is 31.7. The molecule has 26 rings (SSSR count). The lowest BCUT2D eigenvalue weighted by Gasteiger charge is -2.45. The Balaban J connectivity index is 0.599. The number of para-hydroxylation sites is 7. The highest BCUT2D eigenvalue weighted by Gasteiger charge is 2.55. The summed E-state index contributed by atoms with van der Waals surface area (Å²) in [4.78, 5) is 7.55. The highest BCUT2D eigenvalue weighted by molar-refractivity contribution is 6.10. The maximum atomic E-state index is 4.36. The minimum absolute atomic E-state index is 0.687. The van der Waals surface area contributed by atoms with E-state index in [0.29, 0.717) is 0 Å². The molecule has 0 saturated heterocycles. The fourth-order valence-electron chi connectivity index (χ4n) is 23.2. The number of benzene rings is 22. The molecule has 2 aliphatic carbocycles. The molecule has 626 valence electrons. The molecule has 0 aromatic heterocycles. The molecule has 0 amide bonds. The third kappa shape index (κ3) is 12.0. The first-order chi connectivity index (χ1) is 66.5. The molecule has 0 unspecified atom stereocenters. The molecule has 2 aliphatic heterocycles. The summed E-state index contributed by atoms with van der Waals surface area (Å²) in [6.07, 6.45) is 0. The third-order valence-electron chi connectivity index (χ3n) is 28.7. The average Bonchev–Trinajstić information content (AvgIpc) is 1.47. The van der Waals surface area contributed by atoms with Crippen LogP contribution in [0.5, 0.6) is 0 Å². The molecule has 0 atom stereocenters. The summed E-state index contributed by atoms with van der Waals surface area (Å²) in [6.45, 7) is 0. The second-order valence-corrected chi connectivity index (χ2v) is 35.5. The first-order valence-corrected chi connectivity index (χ1v) is 46.4. The van der Waals surface area contributed by atoms with Gasteiger partial charge in [-0.2, -0.15) is 0 Å². The van der Waals surface area contributed by atoms with Crippen molar-refractivity contribution in [1.82, 2.24) is 0 Å². The summed E-state index contributed by atoms with van der Waals surface area (Å²) in [7, 11) is 0. The topological polar surface area (TPSA) is 21.8 Å². The van der Waals surface area contributed by atoms with Crippen molar-refractivity contribution in [3.8, 4) is 111 Å². The molecule has 0 radical (unpaired) electrons. The van der Waals surface area contributed by atoms with Gasteiger partial charge < -0.3 is 20.0 Å². The van der Waals surface area contributed by atoms with E-state index in [2.05, 4.69) is 536 Å². The van der Waals surface area contributed by atoms with Crippen molar-refractivity contribution >= 4 is 84.1 Å². The van der Waals surface area contributed by atoms with E-state index in [1.165, 1.54) is 111 Å². The Labute approximate surface area is 780 Å². The normalized spacial score (nSPS) is 13.0. The number of fused-ring (bicyclic) bond motifs is 20. The number of hydrogen-bond acceptors (Lipinski definition) is 4. The van der Waals surface area contributed by atoms with Crippen LogP contribution in [0.1, 0.15) is 44.5 Å². The smallest absolute Gasteiger partial charge is 0.0755 e. The van der Waals surface area contributed by atoms with Crippen molar-refractivity contribution in [1.29, 1.82) is 0 Å². The van der Waals surface area contributed by atoms with Crippen molar-refractivity contribution in [2.24, 2.45) is 0 Å². The van der Waals surface area contributed by atoms with Crippen molar-refractivity contribution in [3.05, 3.63) is 560 Å². The first-order valence-electron chi connectivity index (χ1n) is 46.4. The Morgan fingerprint density at radius 3 is 1.10 bits per heavy atom. The summed E-state index contributed by atoms with van der Waals surface area (Å²) >= 11 is 0. The van der Waals surface area contributed by atoms with E-state index in [0.717, 1.165) is 129 Å². The maximum absolute atomic E-state index is 4.36. The number of rotatable bonds is 15. The molecule has 1 N–H and O–H groups in total. The number of nitrogens with one attached hydrogen (secondary N) is 1. The molecule has 134 heavy (non-hydrogen) atoms. The van der Waals surface area contributed by atoms with Crippen LogP contribution in [0.15, 0.2) is 516 Å². The van der Waals surface area contributed by atoms with Crippen LogP contribution < -0.4 is 20.0 Å². The van der Waals surface area contributed by atoms with Crippen LogP contribution >= 0.6 is 0 Å². The van der Waals surface area contributed by atoms with Gasteiger partial charge in [0.15, 0.2) is 0 Å². The number of nitrogens with zero attached hydrogens (tertiary/aromatic N) is 3. The molecule has 4 aliphatic rings. The summed E-state index contributed by atoms with van der Waals surface area (Å²) in [5.41, 5.74) is 43.6. The van der Waals surface area contributed by atoms with Crippen LogP contribution in [0, 0.1) is 0 Å². The van der Waals surface area contributed by atoms with Crippen LogP contribution in [0.3, 0.4) is 0 Å². The highest BCUT2D eigenvalue weighted by Crippen LogP contribution is 2.69. The molecule has 2 spiro atoms. The fraction of sp³-hybridized carbons (Fsp3) is 0.0154. The lowest BCUT2D eigenvalue weighted by molar-refractivity contribution is 0.752. The molecular weight excluding hydrogens is 1620 g/mol. The Morgan fingerprint density at radius 1 is 0.187 bits per heavy atom. The predicted octanol–water partition coefficient (Wildman–Crippen LogP) is 34.8. The van der Waals surface area contributed by atoms with E-state index in [1.807, 2.05) is 0 Å². The molecule has 0 bridgehead atoms. The van der Waals surface area contributed by atoms with Crippen molar-refractivity contribution < 1.29 is 0 Å². The van der Waals surface area contributed by atoms with Gasteiger partial charge in [-0.1, -0.05) is 437 Å². The number of hydrogen-bond donors (Lipinski definition) is 1. The van der Waals surface area contributed by atoms with Gasteiger partial charge >= 0.3 is 0 Å². The van der Waals surface area contributed by atoms with Crippen molar-refractivity contribution in [2.75, 3.05) is 20.0 Å². The lowest BCUT2D eigenvalue weighted by Crippen LogP contribution is -2.36. The first kappa shape index (κ1) is 77.7. The zero-order valence-electron chi connectivity index (χ0n) is 73.4. The zero-order valence-corrected chi connectivity index (χ0v) is 73.4. The fourth-order valence-corrected chi connectivity index (χ4v) is 23.2. The van der Waals surface area contributed by atoms with Gasteiger partial charge in [0.05, 0.1) is 50.6 Å². The van der Waals surface area contributed by atoms with Gasteiger partial charge in [-0.25, -0.2) is 0 Å². The van der Waals surface area contributed by atoms with Crippen LogP contribution in [0.4, 0.5) is 62.6 Å². The van der Waals surface area contributed by atoms with Crippen molar-refractivity contribution in [3.63, 3.8) is 0 Å². The molecule has 0 fully saturated rings. The van der Waals surface area contributed by atoms with Crippen LogP contribution in [-0.4, -0.2) is 0 Å². The van der Waals surface area contributed by atoms with Gasteiger partial charge in [0.2, 0.25) is 0 Å². The second-order valence-electron chi connectivity index (χ2n) is 35.5. The monoisotopic (exact) mass is 1700 g/mol. The summed E-state index contributed by atoms with van der Waals surface area (Å²) in [5.74, 6) is 0. The third-order valence-corrected chi connectivity index (χ3v) is 28.7. The zero-order chi connectivity index (χ0) is 88.4. The van der Waals surface area contributed by atoms with E-state index < -0.39 is 10.8 Å². The largest absolute Gasteiger partial charge is 0.354 e. The quantitative estimate of drug-likeness (QED) is 0.110. The molecule has 2 heterocycles. The Bertz CT molecular complexity index is 8350. The molecule has 22 aromatic rings. The van der Waals surface area contributed by atoms with Gasteiger partial charge in [0.1, 0.15) is 0 Å². The molecule has 4 heteroatoms. The Kier molecular flexibility index (Phi) is 18.4. The molecule has 0 saturated carbocycles. The standard InChI is InChI=1S/C130H86N4/c1-3-38-88(39-4-1)98-52-11-12-53-101(98)108-82-83-118-127(128(108)131-119-71-27-19-58-106(119)104-56-15-13-54-102(104)99-62-35-42-89-40-7-9-50-96(89)99)110-61-18-22-65-112(110)130(118)115-68-25-31-75-123(115)134(124-76-32-26-69-116(124)130)95-49-34-45-92(85-95)87-80-78-86(79-81-87)91-44-33-48-94(84-91)133(120-72-28-20-59-107(120)105-57-16-14-55-103(105)100-63-36-43-90-41-8-10-51-97(90)100)125-77-37-70-117-126(125)109-60-17-21-64-111(109)129(117)113-66-23-29-73-121(113)132(93-46-5-2-6-47-93)122-74-30-24-67-114(122)129/h1-85,131H. The highest BCUT2D eigenvalue weighted by atomic mass is 15.2. The van der Waals surface area contributed by atoms with E-state index in [1.54, 1.807) is 0 Å². The number of anilines is 11. The van der Waals surface area contributed by atoms with Crippen LogP contribution in [0.2, 0.25) is 0 Å². The van der Waals surface area contributed by atoms with E-state index in [4.69, 9.17) is 0 Å². The molecule has 4 nitrogen and oxygen atoms in total. The summed E-state index contributed by atoms with van der Waals surface area (Å²) in [5, 5.41) is 9.22. The Hall–Kier alpha value is -17.4. The molecular formula is C130H86N4. The summed E-state index contributed by atoms with van der Waals surface area (Å²) in [6, 6.07) is 192. The van der Waals surface area contributed by atoms with E-state index >= 15 is 0 Å². The van der Waals surface area contributed by atoms with Gasteiger partial charge in [-0.3, -0.25) is 0 Å². The predicted molar refractivity (Wildman–Crippen MR) is 560 cm³/mol. The van der Waals surface area contributed by atoms with Gasteiger partial charge in [-0.05, 0) is 228 Å². The summed E-state index contributed by atoms with van der Waals surface area (Å²) < 4.78 is 0. The van der Waals surface area contributed by atoms with Crippen LogP contribution in [-0.2, 0) is 10.8 Å². The van der Waals surface area contributed by atoms with Crippen molar-refractivity contribution in [2.45, 2.75) is 10.8 Å². The van der Waals surface area contributed by atoms with Gasteiger partial charge in [-0.15, -0.1) is 0 Å². The minimum Gasteiger partial charge on any atom is -0.354 e. The lowest BCUT2D eigenvalue weighted by atomic mass is 9.64. The van der Waals surface area contributed by atoms with Gasteiger partial charge in [0, 0.05) is 50.6 Å². The van der Waals surface area contributed by atoms with E-state index in [9.17, 15) is 0 Å². The SMILES string of the molecule is c1ccc(-c2ccccc2-c2ccc3c(c2Nc2ccccc2-c2ccccc2-c2cccc4ccccc24)-c2ccccc2C32c3ccccc3N(c3cccc(-c4ccc(-c5cccc(N(c6ccccc6-c6ccccc6-c6cccc7ccccc67)c6cccc7c6-c6ccccc6C76c7ccccc7N(c7ccccc7)c7ccccc76)c5)cc4)c3)c3ccccc32)cc1. The maximum Gasteiger partial charge on any atom is 0.0755 e. The molecule has 22 aromatic carbocycles. The van der Waals surface area contributed by atoms with E-state index in [-0.39, 0.29) is 0 Å². The van der Waals surface area contributed by atoms with Crippen LogP contribution in [0.25, 0.3) is 133 Å². The van der Waals surface area contributed by atoms with Gasteiger partial charge in [0.25, 0.3) is 0 Å². The average molecular weight is 1700 g/mol. The Morgan fingerprint density at radius 2 is 0.537 bits per heavy atom. The minimum atomic E-state index is -0.755.